The fourth-order valence-corrected chi connectivity index (χ4v) is 3.46. The van der Waals surface area contributed by atoms with E-state index in [-0.39, 0.29) is 25.6 Å². The first-order valence-electron chi connectivity index (χ1n) is 8.74. The van der Waals surface area contributed by atoms with Gasteiger partial charge in [0.05, 0.1) is 24.1 Å². The van der Waals surface area contributed by atoms with Gasteiger partial charge in [0.2, 0.25) is 0 Å². The number of halogens is 2. The van der Waals surface area contributed by atoms with Crippen LogP contribution in [0, 0.1) is 0 Å². The van der Waals surface area contributed by atoms with E-state index < -0.39 is 12.3 Å². The summed E-state index contributed by atoms with van der Waals surface area (Å²) < 4.78 is 22.1. The highest BCUT2D eigenvalue weighted by molar-refractivity contribution is 6.30. The van der Waals surface area contributed by atoms with Crippen molar-refractivity contribution in [2.75, 3.05) is 13.1 Å². The van der Waals surface area contributed by atoms with E-state index >= 15 is 0 Å². The summed E-state index contributed by atoms with van der Waals surface area (Å²) in [6, 6.07) is 14.4. The average molecular weight is 388 g/mol. The molecular formula is C20H19ClFN3O2. The maximum atomic E-state index is 14.4. The molecule has 5 nitrogen and oxygen atoms in total. The molecule has 0 radical (unpaired) electrons. The molecule has 0 N–H and O–H groups in total. The second-order valence-electron chi connectivity index (χ2n) is 6.66. The monoisotopic (exact) mass is 387 g/mol. The second kappa shape index (κ2) is 7.29. The number of likely N-dealkylation sites (tertiary alicyclic amines) is 1. The quantitative estimate of drug-likeness (QED) is 0.687. The zero-order chi connectivity index (χ0) is 19.0. The number of aryl methyl sites for hydroxylation is 1. The fraction of sp³-hybridized carbons (Fsp3) is 0.300. The van der Waals surface area contributed by atoms with Crippen LogP contribution < -0.4 is 0 Å². The molecule has 27 heavy (non-hydrogen) atoms. The molecule has 2 aromatic carbocycles. The van der Waals surface area contributed by atoms with Crippen molar-refractivity contribution in [2.45, 2.75) is 18.9 Å². The predicted octanol–water partition coefficient (Wildman–Crippen LogP) is 3.61. The van der Waals surface area contributed by atoms with Crippen LogP contribution in [0.2, 0.25) is 5.02 Å². The van der Waals surface area contributed by atoms with Gasteiger partial charge in [-0.15, -0.1) is 0 Å². The topological polar surface area (TPSA) is 47.4 Å². The number of carbonyl (C=O) groups excluding carboxylic acids is 1. The molecule has 0 unspecified atom stereocenters. The molecule has 1 fully saturated rings. The van der Waals surface area contributed by atoms with Gasteiger partial charge in [0.15, 0.2) is 0 Å². The normalized spacial score (nSPS) is 19.7. The summed E-state index contributed by atoms with van der Waals surface area (Å²) in [5.41, 5.74) is 2.36. The van der Waals surface area contributed by atoms with Gasteiger partial charge < -0.3 is 14.2 Å². The molecule has 0 saturated carbocycles. The molecule has 7 heteroatoms. The molecule has 1 aliphatic heterocycles. The number of carbonyl (C=O) groups is 1. The van der Waals surface area contributed by atoms with Crippen LogP contribution in [0.25, 0.3) is 11.0 Å². The number of aromatic nitrogens is 2. The molecule has 1 saturated heterocycles. The van der Waals surface area contributed by atoms with Crippen molar-refractivity contribution >= 4 is 28.5 Å². The summed E-state index contributed by atoms with van der Waals surface area (Å²) in [6.45, 7) is 0.431. The Morgan fingerprint density at radius 2 is 1.96 bits per heavy atom. The lowest BCUT2D eigenvalue weighted by atomic mass is 10.2. The van der Waals surface area contributed by atoms with Crippen LogP contribution in [-0.2, 0) is 18.4 Å². The third-order valence-electron chi connectivity index (χ3n) is 4.88. The van der Waals surface area contributed by atoms with E-state index in [4.69, 9.17) is 16.3 Å². The van der Waals surface area contributed by atoms with Crippen molar-refractivity contribution in [3.63, 3.8) is 0 Å². The second-order valence-corrected chi connectivity index (χ2v) is 7.09. The molecule has 2 heterocycles. The van der Waals surface area contributed by atoms with E-state index in [0.717, 1.165) is 16.9 Å². The van der Waals surface area contributed by atoms with Crippen molar-refractivity contribution in [3.8, 4) is 0 Å². The number of alkyl halides is 1. The molecule has 1 aliphatic rings. The van der Waals surface area contributed by atoms with Crippen LogP contribution in [-0.4, -0.2) is 45.7 Å². The van der Waals surface area contributed by atoms with Gasteiger partial charge in [-0.25, -0.2) is 9.37 Å². The van der Waals surface area contributed by atoms with Crippen molar-refractivity contribution in [1.82, 2.24) is 14.5 Å². The van der Waals surface area contributed by atoms with Gasteiger partial charge in [0.1, 0.15) is 24.7 Å². The predicted molar refractivity (Wildman–Crippen MR) is 102 cm³/mol. The minimum atomic E-state index is -1.23. The summed E-state index contributed by atoms with van der Waals surface area (Å²) in [5, 5.41) is 0.556. The molecular weight excluding hydrogens is 369 g/mol. The van der Waals surface area contributed by atoms with Gasteiger partial charge in [-0.2, -0.15) is 0 Å². The highest BCUT2D eigenvalue weighted by atomic mass is 35.5. The lowest BCUT2D eigenvalue weighted by molar-refractivity contribution is 0.00774. The number of amides is 1. The van der Waals surface area contributed by atoms with E-state index in [1.165, 1.54) is 4.90 Å². The molecule has 2 atom stereocenters. The Morgan fingerprint density at radius 3 is 2.70 bits per heavy atom. The number of fused-ring (bicyclic) bond motifs is 1. The first kappa shape index (κ1) is 17.9. The molecule has 0 aliphatic carbocycles. The Bertz CT molecular complexity index is 973. The Kier molecular flexibility index (Phi) is 4.85. The number of imidazole rings is 1. The number of ether oxygens (including phenoxy) is 1. The average Bonchev–Trinajstić information content (AvgIpc) is 3.20. The number of hydrogen-bond acceptors (Lipinski definition) is 3. The number of nitrogens with zero attached hydrogens (tertiary/aromatic N) is 3. The van der Waals surface area contributed by atoms with Crippen LogP contribution >= 0.6 is 11.6 Å². The van der Waals surface area contributed by atoms with Gasteiger partial charge in [-0.05, 0) is 36.4 Å². The van der Waals surface area contributed by atoms with Gasteiger partial charge in [-0.3, -0.25) is 4.79 Å². The SMILES string of the molecule is Cn1c(CO[C@H]2CN(C(=O)c3ccc(Cl)cc3)C[C@H]2F)nc2ccccc21. The summed E-state index contributed by atoms with van der Waals surface area (Å²) in [4.78, 5) is 18.5. The molecule has 0 bridgehead atoms. The maximum Gasteiger partial charge on any atom is 0.254 e. The summed E-state index contributed by atoms with van der Waals surface area (Å²) in [6.07, 6.45) is -1.89. The van der Waals surface area contributed by atoms with Gasteiger partial charge in [0, 0.05) is 17.6 Å². The van der Waals surface area contributed by atoms with Gasteiger partial charge in [-0.1, -0.05) is 23.7 Å². The highest BCUT2D eigenvalue weighted by Crippen LogP contribution is 2.22. The third-order valence-corrected chi connectivity index (χ3v) is 5.14. The first-order chi connectivity index (χ1) is 13.0. The smallest absolute Gasteiger partial charge is 0.254 e. The van der Waals surface area contributed by atoms with E-state index in [0.29, 0.717) is 10.6 Å². The number of rotatable bonds is 4. The van der Waals surface area contributed by atoms with Crippen LogP contribution in [0.4, 0.5) is 4.39 Å². The highest BCUT2D eigenvalue weighted by Gasteiger charge is 2.36. The Hall–Kier alpha value is -2.44. The first-order valence-corrected chi connectivity index (χ1v) is 9.11. The zero-order valence-corrected chi connectivity index (χ0v) is 15.6. The van der Waals surface area contributed by atoms with Crippen molar-refractivity contribution in [3.05, 3.63) is 64.9 Å². The number of para-hydroxylation sites is 2. The minimum absolute atomic E-state index is 0.0225. The van der Waals surface area contributed by atoms with E-state index in [1.54, 1.807) is 24.3 Å². The Morgan fingerprint density at radius 1 is 1.22 bits per heavy atom. The van der Waals surface area contributed by atoms with Gasteiger partial charge >= 0.3 is 0 Å². The van der Waals surface area contributed by atoms with Crippen molar-refractivity contribution < 1.29 is 13.9 Å². The van der Waals surface area contributed by atoms with Gasteiger partial charge in [0.25, 0.3) is 5.91 Å². The zero-order valence-electron chi connectivity index (χ0n) is 14.8. The molecule has 4 rings (SSSR count). The summed E-state index contributed by atoms with van der Waals surface area (Å²) >= 11 is 5.85. The van der Waals surface area contributed by atoms with E-state index in [1.807, 2.05) is 35.9 Å². The Labute approximate surface area is 161 Å². The molecule has 1 aromatic heterocycles. The third kappa shape index (κ3) is 3.55. The fourth-order valence-electron chi connectivity index (χ4n) is 3.34. The minimum Gasteiger partial charge on any atom is -0.365 e. The largest absolute Gasteiger partial charge is 0.365 e. The molecule has 1 amide bonds. The number of hydrogen-bond donors (Lipinski definition) is 0. The maximum absolute atomic E-state index is 14.4. The van der Waals surface area contributed by atoms with E-state index in [9.17, 15) is 9.18 Å². The molecule has 3 aromatic rings. The van der Waals surface area contributed by atoms with Crippen LogP contribution in [0.5, 0.6) is 0 Å². The Balaban J connectivity index is 1.42. The number of benzene rings is 2. The van der Waals surface area contributed by atoms with Crippen molar-refractivity contribution in [1.29, 1.82) is 0 Å². The van der Waals surface area contributed by atoms with E-state index in [2.05, 4.69) is 4.98 Å². The lowest BCUT2D eigenvalue weighted by Gasteiger charge is -2.16. The van der Waals surface area contributed by atoms with Crippen LogP contribution in [0.3, 0.4) is 0 Å². The summed E-state index contributed by atoms with van der Waals surface area (Å²) in [7, 11) is 1.91. The lowest BCUT2D eigenvalue weighted by Crippen LogP contribution is -2.30. The molecule has 140 valence electrons. The van der Waals surface area contributed by atoms with Crippen molar-refractivity contribution in [2.24, 2.45) is 7.05 Å². The van der Waals surface area contributed by atoms with Crippen LogP contribution in [0.15, 0.2) is 48.5 Å². The summed E-state index contributed by atoms with van der Waals surface area (Å²) in [5.74, 6) is 0.508. The molecule has 0 spiro atoms. The van der Waals surface area contributed by atoms with Crippen LogP contribution in [0.1, 0.15) is 16.2 Å². The standard InChI is InChI=1S/C20H19ClFN3O2/c1-24-17-5-3-2-4-16(17)23-19(24)12-27-18-11-25(10-15(18)22)20(26)13-6-8-14(21)9-7-13/h2-9,15,18H,10-12H2,1H3/t15-,18+/m1/s1.